The van der Waals surface area contributed by atoms with Gasteiger partial charge in [0.2, 0.25) is 0 Å². The topological polar surface area (TPSA) is 237 Å². The van der Waals surface area contributed by atoms with Crippen molar-refractivity contribution in [3.63, 3.8) is 0 Å². The fraction of sp³-hybridized carbons (Fsp3) is 0.907. The van der Waals surface area contributed by atoms with Crippen LogP contribution in [-0.4, -0.2) is 96.7 Å². The molecule has 105 heavy (non-hydrogen) atoms. The van der Waals surface area contributed by atoms with Gasteiger partial charge in [0.1, 0.15) is 19.3 Å². The van der Waals surface area contributed by atoms with Gasteiger partial charge in [-0.25, -0.2) is 9.13 Å². The van der Waals surface area contributed by atoms with Crippen LogP contribution in [0, 0.1) is 11.8 Å². The van der Waals surface area contributed by atoms with Crippen molar-refractivity contribution < 1.29 is 80.2 Å². The fourth-order valence-corrected chi connectivity index (χ4v) is 14.4. The third-order valence-electron chi connectivity index (χ3n) is 19.9. The maximum Gasteiger partial charge on any atom is 0.472 e. The highest BCUT2D eigenvalue weighted by Gasteiger charge is 2.30. The van der Waals surface area contributed by atoms with E-state index in [4.69, 9.17) is 37.0 Å². The lowest BCUT2D eigenvalue weighted by atomic mass is 9.99. The van der Waals surface area contributed by atoms with Crippen LogP contribution in [0.5, 0.6) is 0 Å². The largest absolute Gasteiger partial charge is 0.472 e. The number of aliphatic hydroxyl groups is 1. The average Bonchev–Trinajstić information content (AvgIpc) is 0.908. The number of allylic oxidation sites excluding steroid dienone is 4. The highest BCUT2D eigenvalue weighted by atomic mass is 31.2. The number of ether oxygens (including phenoxy) is 4. The molecule has 0 aromatic rings. The number of hydrogen-bond donors (Lipinski definition) is 3. The van der Waals surface area contributed by atoms with Gasteiger partial charge in [-0.2, -0.15) is 0 Å². The van der Waals surface area contributed by atoms with Crippen molar-refractivity contribution in [2.24, 2.45) is 11.8 Å². The molecule has 0 saturated carbocycles. The van der Waals surface area contributed by atoms with Gasteiger partial charge in [-0.15, -0.1) is 0 Å². The first kappa shape index (κ1) is 103. The molecule has 0 aromatic carbocycles. The molecule has 0 aliphatic rings. The van der Waals surface area contributed by atoms with Crippen LogP contribution in [0.25, 0.3) is 0 Å². The smallest absolute Gasteiger partial charge is 0.462 e. The Morgan fingerprint density at radius 1 is 0.314 bits per heavy atom. The summed E-state index contributed by atoms with van der Waals surface area (Å²) in [5.41, 5.74) is 0. The van der Waals surface area contributed by atoms with E-state index in [1.165, 1.54) is 238 Å². The van der Waals surface area contributed by atoms with Gasteiger partial charge in [-0.3, -0.25) is 37.3 Å². The number of rotatable bonds is 83. The predicted octanol–water partition coefficient (Wildman–Crippen LogP) is 25.8. The van der Waals surface area contributed by atoms with E-state index in [1.807, 2.05) is 0 Å². The van der Waals surface area contributed by atoms with E-state index in [0.717, 1.165) is 115 Å². The second-order valence-electron chi connectivity index (χ2n) is 31.0. The standard InChI is InChI=1S/C86H164O17P2/c1-7-10-12-14-16-18-20-22-25-34-40-46-52-58-64-70-85(90)102-81(74-96-83(88)68-62-56-50-44-38-30-21-19-17-15-13-11-8-2)76-100-104(92,93)98-72-80(87)73-99-105(94,95)101-77-82(75-97-84(89)69-63-57-51-45-39-33-29-28-32-37-43-49-55-61-67-79(6)9-3)103-86(91)71-65-59-53-47-41-35-27-24-23-26-31-36-42-48-54-60-66-78(4)5/h18,20,22,25,78-82,87H,7-17,19,21,23-24,26-77H2,1-6H3,(H,92,93)(H,94,95)/b20-18-,25-22-/t79?,80-,81+,82+/m0/s1. The first-order chi connectivity index (χ1) is 50.9. The number of phosphoric ester groups is 2. The SMILES string of the molecule is CCCCCC/C=C\C=C/CCCCCCCC(=O)O[C@H](COC(=O)CCCCCCCCCCCCCCC)COP(=O)(O)OC[C@H](O)COP(=O)(O)OC[C@@H](COC(=O)CCCCCCCCCCCCCCCCC(C)CC)OC(=O)CCCCCCCCCCCCCCCCCCC(C)C. The molecule has 620 valence electrons. The Hall–Kier alpha value is -2.46. The molecule has 19 heteroatoms. The third-order valence-corrected chi connectivity index (χ3v) is 21.8. The maximum atomic E-state index is 13.1. The van der Waals surface area contributed by atoms with E-state index < -0.39 is 97.5 Å². The first-order valence-electron chi connectivity index (χ1n) is 43.8. The lowest BCUT2D eigenvalue weighted by molar-refractivity contribution is -0.161. The summed E-state index contributed by atoms with van der Waals surface area (Å²) in [5.74, 6) is -0.474. The first-order valence-corrected chi connectivity index (χ1v) is 46.8. The molecular formula is C86H164O17P2. The van der Waals surface area contributed by atoms with Crippen LogP contribution in [0.1, 0.15) is 433 Å². The van der Waals surface area contributed by atoms with E-state index in [9.17, 15) is 43.2 Å². The van der Waals surface area contributed by atoms with Gasteiger partial charge in [-0.05, 0) is 63.2 Å². The minimum atomic E-state index is -4.97. The molecule has 0 fully saturated rings. The molecular weight excluding hydrogens is 1370 g/mol. The van der Waals surface area contributed by atoms with Crippen molar-refractivity contribution in [1.82, 2.24) is 0 Å². The molecule has 0 aliphatic carbocycles. The Morgan fingerprint density at radius 2 is 0.562 bits per heavy atom. The molecule has 0 radical (unpaired) electrons. The van der Waals surface area contributed by atoms with Gasteiger partial charge in [0.15, 0.2) is 12.2 Å². The normalized spacial score (nSPS) is 14.2. The second-order valence-corrected chi connectivity index (χ2v) is 33.9. The summed E-state index contributed by atoms with van der Waals surface area (Å²) in [6.45, 7) is 9.69. The molecule has 3 N–H and O–H groups in total. The molecule has 0 spiro atoms. The van der Waals surface area contributed by atoms with E-state index in [2.05, 4.69) is 65.8 Å². The van der Waals surface area contributed by atoms with Gasteiger partial charge < -0.3 is 33.8 Å². The Balaban J connectivity index is 5.30. The number of esters is 4. The maximum absolute atomic E-state index is 13.1. The summed E-state index contributed by atoms with van der Waals surface area (Å²) < 4.78 is 68.9. The summed E-state index contributed by atoms with van der Waals surface area (Å²) in [5, 5.41) is 10.7. The summed E-state index contributed by atoms with van der Waals surface area (Å²) >= 11 is 0. The molecule has 0 amide bonds. The number of carbonyl (C=O) groups is 4. The van der Waals surface area contributed by atoms with Crippen LogP contribution >= 0.6 is 15.6 Å². The highest BCUT2D eigenvalue weighted by molar-refractivity contribution is 7.47. The van der Waals surface area contributed by atoms with Gasteiger partial charge in [0, 0.05) is 25.7 Å². The van der Waals surface area contributed by atoms with Crippen LogP contribution in [0.4, 0.5) is 0 Å². The molecule has 0 bridgehead atoms. The quantitative estimate of drug-likeness (QED) is 0.0169. The summed E-state index contributed by atoms with van der Waals surface area (Å²) in [7, 11) is -9.94. The molecule has 0 rings (SSSR count). The molecule has 0 aromatic heterocycles. The minimum Gasteiger partial charge on any atom is -0.462 e. The van der Waals surface area contributed by atoms with Crippen LogP contribution in [-0.2, 0) is 65.4 Å². The van der Waals surface area contributed by atoms with Crippen LogP contribution < -0.4 is 0 Å². The van der Waals surface area contributed by atoms with Gasteiger partial charge >= 0.3 is 39.5 Å². The number of phosphoric acid groups is 2. The van der Waals surface area contributed by atoms with E-state index >= 15 is 0 Å². The van der Waals surface area contributed by atoms with Crippen LogP contribution in [0.2, 0.25) is 0 Å². The summed E-state index contributed by atoms with van der Waals surface area (Å²) in [6, 6.07) is 0. The van der Waals surface area contributed by atoms with E-state index in [-0.39, 0.29) is 25.7 Å². The van der Waals surface area contributed by atoms with Crippen LogP contribution in [0.15, 0.2) is 24.3 Å². The Morgan fingerprint density at radius 3 is 0.857 bits per heavy atom. The van der Waals surface area contributed by atoms with Crippen molar-refractivity contribution in [3.05, 3.63) is 24.3 Å². The molecule has 3 unspecified atom stereocenters. The Labute approximate surface area is 643 Å². The zero-order valence-corrected chi connectivity index (χ0v) is 70.3. The van der Waals surface area contributed by atoms with E-state index in [1.54, 1.807) is 0 Å². The predicted molar refractivity (Wildman–Crippen MR) is 432 cm³/mol. The lowest BCUT2D eigenvalue weighted by Crippen LogP contribution is -2.30. The average molecular weight is 1530 g/mol. The van der Waals surface area contributed by atoms with Crippen LogP contribution in [0.3, 0.4) is 0 Å². The monoisotopic (exact) mass is 1530 g/mol. The van der Waals surface area contributed by atoms with Gasteiger partial charge in [0.05, 0.1) is 26.4 Å². The van der Waals surface area contributed by atoms with E-state index in [0.29, 0.717) is 25.7 Å². The summed E-state index contributed by atoms with van der Waals surface area (Å²) in [4.78, 5) is 73.2. The Kier molecular flexibility index (Phi) is 75.1. The number of unbranched alkanes of at least 4 members (excludes halogenated alkanes) is 49. The molecule has 6 atom stereocenters. The van der Waals surface area contributed by atoms with Crippen molar-refractivity contribution in [1.29, 1.82) is 0 Å². The second kappa shape index (κ2) is 76.9. The van der Waals surface area contributed by atoms with Crippen molar-refractivity contribution in [2.75, 3.05) is 39.6 Å². The number of hydrogen-bond acceptors (Lipinski definition) is 15. The molecule has 0 heterocycles. The van der Waals surface area contributed by atoms with Crippen molar-refractivity contribution >= 4 is 39.5 Å². The van der Waals surface area contributed by atoms with Gasteiger partial charge in [0.25, 0.3) is 0 Å². The highest BCUT2D eigenvalue weighted by Crippen LogP contribution is 2.45. The Bertz CT molecular complexity index is 2110. The molecule has 0 aliphatic heterocycles. The zero-order chi connectivity index (χ0) is 77.1. The van der Waals surface area contributed by atoms with Crippen molar-refractivity contribution in [3.8, 4) is 0 Å². The fourth-order valence-electron chi connectivity index (χ4n) is 12.8. The lowest BCUT2D eigenvalue weighted by Gasteiger charge is -2.21. The number of carbonyl (C=O) groups excluding carboxylic acids is 4. The third kappa shape index (κ3) is 78.0. The minimum absolute atomic E-state index is 0.0857. The zero-order valence-electron chi connectivity index (χ0n) is 68.5. The summed E-state index contributed by atoms with van der Waals surface area (Å²) in [6.07, 6.45) is 71.4. The van der Waals surface area contributed by atoms with Gasteiger partial charge in [-0.1, -0.05) is 380 Å². The molecule has 17 nitrogen and oxygen atoms in total. The number of aliphatic hydroxyl groups excluding tert-OH is 1. The van der Waals surface area contributed by atoms with Crippen molar-refractivity contribution in [2.45, 2.75) is 452 Å². The molecule has 0 saturated heterocycles.